The van der Waals surface area contributed by atoms with Crippen LogP contribution in [-0.4, -0.2) is 25.8 Å². The minimum atomic E-state index is -0.418. The number of aromatic amines is 1. The van der Waals surface area contributed by atoms with E-state index >= 15 is 0 Å². The second-order valence-electron chi connectivity index (χ2n) is 7.62. The van der Waals surface area contributed by atoms with E-state index in [2.05, 4.69) is 25.7 Å². The number of para-hydroxylation sites is 1. The summed E-state index contributed by atoms with van der Waals surface area (Å²) in [5, 5.41) is 10.1. The average Bonchev–Trinajstić information content (AvgIpc) is 3.04. The van der Waals surface area contributed by atoms with E-state index in [-0.39, 0.29) is 16.9 Å². The van der Waals surface area contributed by atoms with E-state index in [4.69, 9.17) is 0 Å². The van der Waals surface area contributed by atoms with Crippen LogP contribution in [0.4, 0.5) is 16.3 Å². The van der Waals surface area contributed by atoms with Gasteiger partial charge in [0, 0.05) is 28.4 Å². The number of hydrogen-bond donors (Lipinski definition) is 3. The lowest BCUT2D eigenvalue weighted by Crippen LogP contribution is -2.23. The third-order valence-corrected chi connectivity index (χ3v) is 4.33. The van der Waals surface area contributed by atoms with Gasteiger partial charge in [-0.1, -0.05) is 39.0 Å². The Bertz CT molecular complexity index is 1060. The van der Waals surface area contributed by atoms with Gasteiger partial charge in [-0.25, -0.2) is 9.78 Å². The summed E-state index contributed by atoms with van der Waals surface area (Å²) in [4.78, 5) is 31.8. The van der Waals surface area contributed by atoms with Crippen LogP contribution < -0.4 is 16.2 Å². The van der Waals surface area contributed by atoms with Crippen molar-refractivity contribution in [2.75, 3.05) is 10.6 Å². The predicted molar refractivity (Wildman–Crippen MR) is 109 cm³/mol. The lowest BCUT2D eigenvalue weighted by atomic mass is 9.92. The number of hydrogen-bond acceptors (Lipinski definition) is 4. The van der Waals surface area contributed by atoms with Gasteiger partial charge in [-0.2, -0.15) is 9.78 Å². The van der Waals surface area contributed by atoms with E-state index in [0.29, 0.717) is 22.8 Å². The number of aromatic nitrogens is 4. The molecule has 0 atom stereocenters. The van der Waals surface area contributed by atoms with E-state index in [1.807, 2.05) is 39.0 Å². The molecule has 2 heterocycles. The lowest BCUT2D eigenvalue weighted by molar-refractivity contribution is 0.262. The first-order valence-electron chi connectivity index (χ1n) is 8.96. The van der Waals surface area contributed by atoms with Crippen LogP contribution in [0.15, 0.2) is 41.2 Å². The summed E-state index contributed by atoms with van der Waals surface area (Å²) in [6.45, 7) is 9.52. The number of urea groups is 1. The summed E-state index contributed by atoms with van der Waals surface area (Å²) < 4.78 is 1.44. The van der Waals surface area contributed by atoms with Crippen molar-refractivity contribution in [1.29, 1.82) is 0 Å². The Morgan fingerprint density at radius 1 is 1.11 bits per heavy atom. The van der Waals surface area contributed by atoms with Crippen molar-refractivity contribution in [3.8, 4) is 5.95 Å². The summed E-state index contributed by atoms with van der Waals surface area (Å²) in [5.74, 6) is 0.656. The van der Waals surface area contributed by atoms with Crippen LogP contribution in [0, 0.1) is 13.8 Å². The van der Waals surface area contributed by atoms with Gasteiger partial charge >= 0.3 is 6.03 Å². The molecule has 0 spiro atoms. The van der Waals surface area contributed by atoms with Crippen LogP contribution in [0.1, 0.15) is 37.7 Å². The van der Waals surface area contributed by atoms with Crippen molar-refractivity contribution in [1.82, 2.24) is 19.7 Å². The van der Waals surface area contributed by atoms with Gasteiger partial charge in [-0.05, 0) is 26.0 Å². The molecule has 0 saturated carbocycles. The van der Waals surface area contributed by atoms with Gasteiger partial charge in [0.25, 0.3) is 5.56 Å². The number of amides is 2. The average molecular weight is 380 g/mol. The minimum Gasteiger partial charge on any atom is -0.308 e. The first kappa shape index (κ1) is 19.3. The highest BCUT2D eigenvalue weighted by Gasteiger charge is 2.22. The Hall–Kier alpha value is -3.42. The molecule has 0 fully saturated rings. The topological polar surface area (TPSA) is 105 Å². The van der Waals surface area contributed by atoms with E-state index in [1.54, 1.807) is 32.0 Å². The monoisotopic (exact) mass is 380 g/mol. The molecule has 2 aromatic heterocycles. The molecular formula is C20H24N6O2. The molecule has 0 radical (unpaired) electrons. The summed E-state index contributed by atoms with van der Waals surface area (Å²) in [5.41, 5.74) is 2.07. The minimum absolute atomic E-state index is 0.241. The maximum absolute atomic E-state index is 12.5. The number of rotatable bonds is 3. The normalized spacial score (nSPS) is 11.3. The fraction of sp³-hybridized carbons (Fsp3) is 0.300. The molecule has 146 valence electrons. The van der Waals surface area contributed by atoms with E-state index < -0.39 is 6.03 Å². The van der Waals surface area contributed by atoms with E-state index in [0.717, 1.165) is 5.69 Å². The highest BCUT2D eigenvalue weighted by atomic mass is 16.2. The van der Waals surface area contributed by atoms with Crippen LogP contribution in [-0.2, 0) is 5.41 Å². The highest BCUT2D eigenvalue weighted by Crippen LogP contribution is 2.25. The number of H-pyrrole nitrogens is 1. The molecular weight excluding hydrogens is 356 g/mol. The van der Waals surface area contributed by atoms with Crippen molar-refractivity contribution >= 4 is 17.5 Å². The van der Waals surface area contributed by atoms with Crippen molar-refractivity contribution in [2.45, 2.75) is 40.0 Å². The van der Waals surface area contributed by atoms with Gasteiger partial charge in [-0.15, -0.1) is 0 Å². The van der Waals surface area contributed by atoms with Gasteiger partial charge in [0.05, 0.1) is 5.69 Å². The zero-order valence-electron chi connectivity index (χ0n) is 16.6. The zero-order valence-corrected chi connectivity index (χ0v) is 16.6. The fourth-order valence-electron chi connectivity index (χ4n) is 2.53. The van der Waals surface area contributed by atoms with Gasteiger partial charge < -0.3 is 5.32 Å². The molecule has 8 nitrogen and oxygen atoms in total. The lowest BCUT2D eigenvalue weighted by Gasteiger charge is -2.14. The number of nitrogens with one attached hydrogen (secondary N) is 3. The quantitative estimate of drug-likeness (QED) is 0.646. The smallest absolute Gasteiger partial charge is 0.308 e. The predicted octanol–water partition coefficient (Wildman–Crippen LogP) is 3.51. The Labute approximate surface area is 163 Å². The molecule has 0 aliphatic carbocycles. The number of aryl methyl sites for hydroxylation is 1. The standard InChI is InChI=1S/C20H24N6O2/c1-12-13(2)21-18(24-17(12)27)26-16(11-15(25-26)20(3,4)5)23-19(28)22-14-9-7-6-8-10-14/h6-11H,1-5H3,(H,21,24,27)(H2,22,23,28). The molecule has 3 rings (SSSR count). The first-order chi connectivity index (χ1) is 13.1. The van der Waals surface area contributed by atoms with Crippen LogP contribution >= 0.6 is 0 Å². The van der Waals surface area contributed by atoms with E-state index in [1.165, 1.54) is 4.68 Å². The highest BCUT2D eigenvalue weighted by molar-refractivity contribution is 5.99. The molecule has 1 aromatic carbocycles. The molecule has 28 heavy (non-hydrogen) atoms. The Balaban J connectivity index is 1.99. The number of nitrogens with zero attached hydrogens (tertiary/aromatic N) is 3. The molecule has 0 unspecified atom stereocenters. The van der Waals surface area contributed by atoms with Gasteiger partial charge in [0.1, 0.15) is 5.82 Å². The molecule has 0 aliphatic heterocycles. The SMILES string of the molecule is Cc1nc(-n2nc(C(C)(C)C)cc2NC(=O)Nc2ccccc2)[nH]c(=O)c1C. The van der Waals surface area contributed by atoms with Crippen molar-refractivity contribution < 1.29 is 4.79 Å². The molecule has 0 bridgehead atoms. The molecule has 8 heteroatoms. The second-order valence-corrected chi connectivity index (χ2v) is 7.62. The van der Waals surface area contributed by atoms with Gasteiger partial charge in [0.2, 0.25) is 5.95 Å². The van der Waals surface area contributed by atoms with Crippen molar-refractivity contribution in [2.24, 2.45) is 0 Å². The molecule has 3 N–H and O–H groups in total. The number of carbonyl (C=O) groups excluding carboxylic acids is 1. The van der Waals surface area contributed by atoms with E-state index in [9.17, 15) is 9.59 Å². The molecule has 2 amide bonds. The second kappa shape index (κ2) is 7.30. The first-order valence-corrected chi connectivity index (χ1v) is 8.96. The van der Waals surface area contributed by atoms with Crippen molar-refractivity contribution in [3.05, 3.63) is 63.7 Å². The van der Waals surface area contributed by atoms with Crippen LogP contribution in [0.3, 0.4) is 0 Å². The van der Waals surface area contributed by atoms with Crippen LogP contribution in [0.5, 0.6) is 0 Å². The maximum atomic E-state index is 12.5. The molecule has 0 saturated heterocycles. The third kappa shape index (κ3) is 4.11. The summed E-state index contributed by atoms with van der Waals surface area (Å²) in [7, 11) is 0. The van der Waals surface area contributed by atoms with Crippen LogP contribution in [0.25, 0.3) is 5.95 Å². The zero-order chi connectivity index (χ0) is 20.5. The molecule has 3 aromatic rings. The largest absolute Gasteiger partial charge is 0.324 e. The summed E-state index contributed by atoms with van der Waals surface area (Å²) in [6, 6.07) is 10.5. The number of benzene rings is 1. The van der Waals surface area contributed by atoms with Crippen LogP contribution in [0.2, 0.25) is 0 Å². The van der Waals surface area contributed by atoms with Gasteiger partial charge in [0.15, 0.2) is 0 Å². The Morgan fingerprint density at radius 3 is 2.39 bits per heavy atom. The molecule has 0 aliphatic rings. The summed E-state index contributed by atoms with van der Waals surface area (Å²) >= 11 is 0. The van der Waals surface area contributed by atoms with Gasteiger partial charge in [-0.3, -0.25) is 15.1 Å². The number of carbonyl (C=O) groups is 1. The Morgan fingerprint density at radius 2 is 1.79 bits per heavy atom. The Kier molecular flexibility index (Phi) is 5.04. The third-order valence-electron chi connectivity index (χ3n) is 4.33. The fourth-order valence-corrected chi connectivity index (χ4v) is 2.53. The number of anilines is 2. The van der Waals surface area contributed by atoms with Crippen molar-refractivity contribution in [3.63, 3.8) is 0 Å². The maximum Gasteiger partial charge on any atom is 0.324 e. The summed E-state index contributed by atoms with van der Waals surface area (Å²) in [6.07, 6.45) is 0.